The summed E-state index contributed by atoms with van der Waals surface area (Å²) in [5, 5.41) is 0. The molecule has 0 spiro atoms. The zero-order chi connectivity index (χ0) is 19.4. The Balaban J connectivity index is 1.81. The fourth-order valence-corrected chi connectivity index (χ4v) is 5.36. The Hall–Kier alpha value is -1.92. The van der Waals surface area contributed by atoms with Crippen molar-refractivity contribution < 1.29 is 13.2 Å². The summed E-state index contributed by atoms with van der Waals surface area (Å²) in [7, 11) is -3.07. The Labute approximate surface area is 168 Å². The second kappa shape index (κ2) is 8.40. The predicted molar refractivity (Wildman–Crippen MR) is 112 cm³/mol. The molecule has 142 valence electrons. The molecular weight excluding hydrogens is 426 g/mol. The van der Waals surface area contributed by atoms with Gasteiger partial charge in [0.15, 0.2) is 9.84 Å². The molecule has 0 radical (unpaired) electrons. The number of amides is 1. The lowest BCUT2D eigenvalue weighted by atomic mass is 10.1. The van der Waals surface area contributed by atoms with E-state index in [9.17, 15) is 13.2 Å². The van der Waals surface area contributed by atoms with Crippen molar-refractivity contribution in [2.45, 2.75) is 25.9 Å². The van der Waals surface area contributed by atoms with Crippen molar-refractivity contribution in [1.82, 2.24) is 4.90 Å². The van der Waals surface area contributed by atoms with Crippen molar-refractivity contribution >= 4 is 37.8 Å². The lowest BCUT2D eigenvalue weighted by Gasteiger charge is -2.27. The second-order valence-corrected chi connectivity index (χ2v) is 10.0. The van der Waals surface area contributed by atoms with Gasteiger partial charge in [0.2, 0.25) is 5.91 Å². The number of sulfone groups is 1. The highest BCUT2D eigenvalue weighted by molar-refractivity contribution is 9.10. The molecule has 0 saturated carbocycles. The molecule has 1 fully saturated rings. The van der Waals surface area contributed by atoms with E-state index < -0.39 is 9.84 Å². The van der Waals surface area contributed by atoms with Crippen molar-refractivity contribution in [3.8, 4) is 0 Å². The molecule has 1 atom stereocenters. The lowest BCUT2D eigenvalue weighted by molar-refractivity contribution is -0.128. The van der Waals surface area contributed by atoms with Crippen LogP contribution in [-0.4, -0.2) is 36.8 Å². The van der Waals surface area contributed by atoms with Gasteiger partial charge >= 0.3 is 0 Å². The van der Waals surface area contributed by atoms with E-state index in [0.717, 1.165) is 21.2 Å². The van der Waals surface area contributed by atoms with E-state index in [-0.39, 0.29) is 23.5 Å². The van der Waals surface area contributed by atoms with Crippen LogP contribution in [0.5, 0.6) is 0 Å². The third-order valence-corrected chi connectivity index (χ3v) is 6.91. The zero-order valence-corrected chi connectivity index (χ0v) is 17.5. The third-order valence-electron chi connectivity index (χ3n) is 4.67. The maximum absolute atomic E-state index is 12.9. The first kappa shape index (κ1) is 19.8. The number of carbonyl (C=O) groups is 1. The molecule has 1 amide bonds. The van der Waals surface area contributed by atoms with Crippen molar-refractivity contribution in [2.24, 2.45) is 0 Å². The molecule has 2 aromatic rings. The van der Waals surface area contributed by atoms with Gasteiger partial charge in [-0.3, -0.25) is 4.79 Å². The van der Waals surface area contributed by atoms with Gasteiger partial charge in [0.1, 0.15) is 0 Å². The molecule has 0 aliphatic carbocycles. The van der Waals surface area contributed by atoms with E-state index in [4.69, 9.17) is 0 Å². The highest BCUT2D eigenvalue weighted by Crippen LogP contribution is 2.22. The lowest BCUT2D eigenvalue weighted by Crippen LogP contribution is -2.39. The number of hydrogen-bond acceptors (Lipinski definition) is 3. The van der Waals surface area contributed by atoms with Crippen LogP contribution in [0.4, 0.5) is 0 Å². The largest absolute Gasteiger partial charge is 0.331 e. The Morgan fingerprint density at radius 2 is 1.96 bits per heavy atom. The van der Waals surface area contributed by atoms with Crippen LogP contribution in [-0.2, 0) is 21.2 Å². The third kappa shape index (κ3) is 5.53. The number of nitrogens with zero attached hydrogens (tertiary/aromatic N) is 1. The van der Waals surface area contributed by atoms with Crippen molar-refractivity contribution in [2.75, 3.05) is 11.5 Å². The van der Waals surface area contributed by atoms with Crippen molar-refractivity contribution in [1.29, 1.82) is 0 Å². The molecule has 0 unspecified atom stereocenters. The van der Waals surface area contributed by atoms with Gasteiger partial charge in [-0.1, -0.05) is 57.9 Å². The van der Waals surface area contributed by atoms with Crippen LogP contribution in [0, 0.1) is 6.92 Å². The summed E-state index contributed by atoms with van der Waals surface area (Å²) in [4.78, 5) is 14.6. The van der Waals surface area contributed by atoms with Gasteiger partial charge in [0, 0.05) is 23.1 Å². The summed E-state index contributed by atoms with van der Waals surface area (Å²) in [5.41, 5.74) is 3.06. The fourth-order valence-electron chi connectivity index (χ4n) is 3.18. The SMILES string of the molecule is Cc1ccc(/C=C/C(=O)N(Cc2cccc(Br)c2)[C@H]2CCS(=O)(=O)C2)cc1. The summed E-state index contributed by atoms with van der Waals surface area (Å²) in [6.07, 6.45) is 3.80. The Bertz CT molecular complexity index is 952. The summed E-state index contributed by atoms with van der Waals surface area (Å²) in [5.74, 6) is 0.00449. The van der Waals surface area contributed by atoms with E-state index in [1.807, 2.05) is 55.5 Å². The van der Waals surface area contributed by atoms with Gasteiger partial charge in [0.05, 0.1) is 11.5 Å². The van der Waals surface area contributed by atoms with Crippen LogP contribution in [0.2, 0.25) is 0 Å². The van der Waals surface area contributed by atoms with Crippen molar-refractivity contribution in [3.05, 3.63) is 75.8 Å². The minimum Gasteiger partial charge on any atom is -0.331 e. The highest BCUT2D eigenvalue weighted by atomic mass is 79.9. The first-order chi connectivity index (χ1) is 12.8. The van der Waals surface area contributed by atoms with Gasteiger partial charge in [-0.2, -0.15) is 0 Å². The summed E-state index contributed by atoms with van der Waals surface area (Å²) in [6.45, 7) is 2.40. The van der Waals surface area contributed by atoms with E-state index in [0.29, 0.717) is 13.0 Å². The first-order valence-electron chi connectivity index (χ1n) is 8.83. The normalized spacial score (nSPS) is 18.7. The van der Waals surface area contributed by atoms with Crippen LogP contribution < -0.4 is 0 Å². The number of hydrogen-bond donors (Lipinski definition) is 0. The van der Waals surface area contributed by atoms with Gasteiger partial charge in [-0.15, -0.1) is 0 Å². The summed E-state index contributed by atoms with van der Waals surface area (Å²) < 4.78 is 24.8. The number of benzene rings is 2. The quantitative estimate of drug-likeness (QED) is 0.651. The van der Waals surface area contributed by atoms with Gasteiger partial charge in [-0.25, -0.2) is 8.42 Å². The number of rotatable bonds is 5. The Morgan fingerprint density at radius 1 is 1.22 bits per heavy atom. The monoisotopic (exact) mass is 447 g/mol. The van der Waals surface area contributed by atoms with Crippen LogP contribution in [0.3, 0.4) is 0 Å². The maximum Gasteiger partial charge on any atom is 0.247 e. The van der Waals surface area contributed by atoms with Crippen LogP contribution >= 0.6 is 15.9 Å². The Kier molecular flexibility index (Phi) is 6.17. The molecule has 4 nitrogen and oxygen atoms in total. The van der Waals surface area contributed by atoms with Crippen LogP contribution in [0.15, 0.2) is 59.1 Å². The molecule has 0 bridgehead atoms. The standard InChI is InChI=1S/C21H22BrNO3S/c1-16-5-7-17(8-6-16)9-10-21(24)23(20-11-12-27(25,26)15-20)14-18-3-2-4-19(22)13-18/h2-10,13,20H,11-12,14-15H2,1H3/b10-9+/t20-/m0/s1. The van der Waals surface area contributed by atoms with Gasteiger partial charge in [-0.05, 0) is 42.7 Å². The molecule has 1 heterocycles. The van der Waals surface area contributed by atoms with E-state index in [1.165, 1.54) is 6.08 Å². The van der Waals surface area contributed by atoms with E-state index in [1.54, 1.807) is 11.0 Å². The maximum atomic E-state index is 12.9. The molecule has 2 aromatic carbocycles. The van der Waals surface area contributed by atoms with Crippen LogP contribution in [0.25, 0.3) is 6.08 Å². The molecular formula is C21H22BrNO3S. The molecule has 0 aromatic heterocycles. The Morgan fingerprint density at radius 3 is 2.59 bits per heavy atom. The van der Waals surface area contributed by atoms with Gasteiger partial charge in [0.25, 0.3) is 0 Å². The summed E-state index contributed by atoms with van der Waals surface area (Å²) in [6, 6.07) is 15.3. The number of halogens is 1. The average molecular weight is 448 g/mol. The second-order valence-electron chi connectivity index (χ2n) is 6.90. The predicted octanol–water partition coefficient (Wildman–Crippen LogP) is 3.99. The molecule has 1 aliphatic rings. The fraction of sp³-hybridized carbons (Fsp3) is 0.286. The highest BCUT2D eigenvalue weighted by Gasteiger charge is 2.34. The molecule has 1 saturated heterocycles. The molecule has 6 heteroatoms. The van der Waals surface area contributed by atoms with E-state index in [2.05, 4.69) is 15.9 Å². The van der Waals surface area contributed by atoms with E-state index >= 15 is 0 Å². The topological polar surface area (TPSA) is 54.5 Å². The smallest absolute Gasteiger partial charge is 0.247 e. The summed E-state index contributed by atoms with van der Waals surface area (Å²) >= 11 is 3.44. The minimum absolute atomic E-state index is 0.0329. The first-order valence-corrected chi connectivity index (χ1v) is 11.4. The molecule has 0 N–H and O–H groups in total. The zero-order valence-electron chi connectivity index (χ0n) is 15.1. The van der Waals surface area contributed by atoms with Crippen molar-refractivity contribution in [3.63, 3.8) is 0 Å². The van der Waals surface area contributed by atoms with Crippen LogP contribution in [0.1, 0.15) is 23.1 Å². The van der Waals surface area contributed by atoms with Gasteiger partial charge < -0.3 is 4.90 Å². The molecule has 27 heavy (non-hydrogen) atoms. The number of carbonyl (C=O) groups excluding carboxylic acids is 1. The molecule has 1 aliphatic heterocycles. The number of aryl methyl sites for hydroxylation is 1. The average Bonchev–Trinajstić information content (AvgIpc) is 2.98. The molecule has 3 rings (SSSR count). The minimum atomic E-state index is -3.07.